The van der Waals surface area contributed by atoms with E-state index in [2.05, 4.69) is 4.98 Å². The van der Waals surface area contributed by atoms with Gasteiger partial charge >= 0.3 is 0 Å². The molecule has 2 rings (SSSR count). The molecule has 0 N–H and O–H groups in total. The maximum absolute atomic E-state index is 13.9. The first-order valence-corrected chi connectivity index (χ1v) is 6.05. The van der Waals surface area contributed by atoms with Crippen LogP contribution in [0.1, 0.15) is 11.1 Å². The van der Waals surface area contributed by atoms with Gasteiger partial charge in [-0.3, -0.25) is 4.98 Å². The van der Waals surface area contributed by atoms with E-state index in [1.807, 2.05) is 6.07 Å². The number of halogens is 3. The maximum Gasteiger partial charge on any atom is 0.150 e. The molecule has 0 fully saturated rings. The Hall–Kier alpha value is -1.89. The molecule has 1 heterocycles. The van der Waals surface area contributed by atoms with E-state index in [1.54, 1.807) is 18.2 Å². The first-order valence-electron chi connectivity index (χ1n) is 5.29. The van der Waals surface area contributed by atoms with E-state index < -0.39 is 5.82 Å². The molecule has 0 radical (unpaired) electrons. The minimum absolute atomic E-state index is 0.0219. The third kappa shape index (κ3) is 2.76. The number of allylic oxidation sites excluding steroid dienone is 1. The second kappa shape index (κ2) is 5.83. The van der Waals surface area contributed by atoms with Crippen molar-refractivity contribution in [2.24, 2.45) is 0 Å². The van der Waals surface area contributed by atoms with Crippen LogP contribution in [-0.4, -0.2) is 4.98 Å². The fourth-order valence-corrected chi connectivity index (χ4v) is 2.04. The molecule has 0 spiro atoms. The van der Waals surface area contributed by atoms with Crippen molar-refractivity contribution in [2.75, 3.05) is 0 Å². The van der Waals surface area contributed by atoms with Gasteiger partial charge in [0.2, 0.25) is 0 Å². The molecule has 0 amide bonds. The summed E-state index contributed by atoms with van der Waals surface area (Å²) in [6.07, 6.45) is 3.07. The van der Waals surface area contributed by atoms with Crippen LogP contribution in [0.4, 0.5) is 4.39 Å². The average Bonchev–Trinajstić information content (AvgIpc) is 2.44. The predicted octanol–water partition coefficient (Wildman–Crippen LogP) is 4.50. The molecule has 5 heteroatoms. The summed E-state index contributed by atoms with van der Waals surface area (Å²) in [7, 11) is 0. The van der Waals surface area contributed by atoms with Crippen molar-refractivity contribution >= 4 is 33.8 Å². The quantitative estimate of drug-likeness (QED) is 0.764. The molecule has 0 aliphatic heterocycles. The van der Waals surface area contributed by atoms with E-state index in [0.717, 1.165) is 0 Å². The molecule has 1 aromatic heterocycles. The first kappa shape index (κ1) is 13.5. The van der Waals surface area contributed by atoms with E-state index >= 15 is 0 Å². The zero-order valence-corrected chi connectivity index (χ0v) is 11.1. The van der Waals surface area contributed by atoms with Crippen molar-refractivity contribution in [3.05, 3.63) is 64.7 Å². The van der Waals surface area contributed by atoms with Gasteiger partial charge in [0.05, 0.1) is 15.6 Å². The summed E-state index contributed by atoms with van der Waals surface area (Å²) in [4.78, 5) is 3.86. The van der Waals surface area contributed by atoms with Gasteiger partial charge in [0, 0.05) is 18.0 Å². The molecule has 0 bridgehead atoms. The smallest absolute Gasteiger partial charge is 0.150 e. The molecular formula is C14H7Cl2FN2. The summed E-state index contributed by atoms with van der Waals surface area (Å²) in [6, 6.07) is 9.70. The number of nitriles is 1. The van der Waals surface area contributed by atoms with Crippen LogP contribution in [0.3, 0.4) is 0 Å². The van der Waals surface area contributed by atoms with Crippen LogP contribution < -0.4 is 0 Å². The number of aromatic nitrogens is 1. The molecule has 0 unspecified atom stereocenters. The van der Waals surface area contributed by atoms with Crippen molar-refractivity contribution in [3.8, 4) is 6.07 Å². The molecule has 0 atom stereocenters. The highest BCUT2D eigenvalue weighted by Crippen LogP contribution is 2.32. The monoisotopic (exact) mass is 292 g/mol. The van der Waals surface area contributed by atoms with Gasteiger partial charge in [-0.15, -0.1) is 0 Å². The van der Waals surface area contributed by atoms with Crippen LogP contribution in [0.5, 0.6) is 0 Å². The Labute approximate surface area is 119 Å². The summed E-state index contributed by atoms with van der Waals surface area (Å²) < 4.78 is 13.9. The summed E-state index contributed by atoms with van der Waals surface area (Å²) in [5, 5.41) is 9.19. The Morgan fingerprint density at radius 1 is 1.21 bits per heavy atom. The molecule has 19 heavy (non-hydrogen) atoms. The number of nitrogens with zero attached hydrogens (tertiary/aromatic N) is 2. The predicted molar refractivity (Wildman–Crippen MR) is 73.9 cm³/mol. The van der Waals surface area contributed by atoms with Crippen molar-refractivity contribution in [1.29, 1.82) is 5.26 Å². The molecular weight excluding hydrogens is 286 g/mol. The molecule has 94 valence electrons. The molecule has 1 aromatic carbocycles. The van der Waals surface area contributed by atoms with Crippen LogP contribution in [0.15, 0.2) is 42.7 Å². The molecule has 0 saturated carbocycles. The summed E-state index contributed by atoms with van der Waals surface area (Å²) >= 11 is 11.8. The van der Waals surface area contributed by atoms with E-state index in [4.69, 9.17) is 23.2 Å². The van der Waals surface area contributed by atoms with E-state index in [0.29, 0.717) is 5.56 Å². The van der Waals surface area contributed by atoms with Gasteiger partial charge in [-0.05, 0) is 23.8 Å². The highest BCUT2D eigenvalue weighted by atomic mass is 35.5. The fourth-order valence-electron chi connectivity index (χ4n) is 1.57. The largest absolute Gasteiger partial charge is 0.265 e. The van der Waals surface area contributed by atoms with Crippen molar-refractivity contribution < 1.29 is 4.39 Å². The number of pyridine rings is 1. The third-order valence-corrected chi connectivity index (χ3v) is 3.17. The van der Waals surface area contributed by atoms with Gasteiger partial charge in [0.1, 0.15) is 6.07 Å². The first-order chi connectivity index (χ1) is 9.15. The number of hydrogen-bond acceptors (Lipinski definition) is 2. The second-order valence-corrected chi connectivity index (χ2v) is 4.42. The fraction of sp³-hybridized carbons (Fsp3) is 0. The minimum Gasteiger partial charge on any atom is -0.265 e. The van der Waals surface area contributed by atoms with Crippen LogP contribution in [0.2, 0.25) is 5.02 Å². The Morgan fingerprint density at radius 2 is 1.89 bits per heavy atom. The molecule has 0 aliphatic carbocycles. The van der Waals surface area contributed by atoms with Gasteiger partial charge < -0.3 is 0 Å². The van der Waals surface area contributed by atoms with E-state index in [1.165, 1.54) is 24.5 Å². The van der Waals surface area contributed by atoms with Crippen LogP contribution in [0, 0.1) is 17.1 Å². The topological polar surface area (TPSA) is 36.7 Å². The third-order valence-electron chi connectivity index (χ3n) is 2.49. The Morgan fingerprint density at radius 3 is 2.53 bits per heavy atom. The highest BCUT2D eigenvalue weighted by Gasteiger charge is 2.14. The lowest BCUT2D eigenvalue weighted by Crippen LogP contribution is -1.91. The standard InChI is InChI=1S/C14H7Cl2FN2/c15-12-3-1-2-10(14(12)17)13(16)11(8-18)9-4-6-19-7-5-9/h1-7H/b13-11+. The lowest BCUT2D eigenvalue weighted by atomic mass is 10.0. The van der Waals surface area contributed by atoms with E-state index in [-0.39, 0.29) is 21.2 Å². The highest BCUT2D eigenvalue weighted by molar-refractivity contribution is 6.53. The second-order valence-electron chi connectivity index (χ2n) is 3.64. The molecule has 2 aromatic rings. The van der Waals surface area contributed by atoms with Crippen LogP contribution >= 0.6 is 23.2 Å². The van der Waals surface area contributed by atoms with Gasteiger partial charge in [-0.2, -0.15) is 5.26 Å². The summed E-state index contributed by atoms with van der Waals surface area (Å²) in [6.45, 7) is 0. The molecule has 0 aliphatic rings. The average molecular weight is 293 g/mol. The Kier molecular flexibility index (Phi) is 4.16. The Balaban J connectivity index is 2.63. The normalized spacial score (nSPS) is 11.7. The molecule has 0 saturated heterocycles. The van der Waals surface area contributed by atoms with Crippen molar-refractivity contribution in [1.82, 2.24) is 4.98 Å². The summed E-state index contributed by atoms with van der Waals surface area (Å²) in [5.41, 5.74) is 0.842. The van der Waals surface area contributed by atoms with Gasteiger partial charge in [-0.1, -0.05) is 35.3 Å². The zero-order valence-electron chi connectivity index (χ0n) is 9.57. The minimum atomic E-state index is -0.643. The number of rotatable bonds is 2. The van der Waals surface area contributed by atoms with Gasteiger partial charge in [-0.25, -0.2) is 4.39 Å². The van der Waals surface area contributed by atoms with E-state index in [9.17, 15) is 9.65 Å². The SMILES string of the molecule is N#C/C(=C(\Cl)c1cccc(Cl)c1F)c1ccncc1. The lowest BCUT2D eigenvalue weighted by molar-refractivity contribution is 0.625. The lowest BCUT2D eigenvalue weighted by Gasteiger charge is -2.06. The van der Waals surface area contributed by atoms with Crippen molar-refractivity contribution in [3.63, 3.8) is 0 Å². The van der Waals surface area contributed by atoms with Crippen molar-refractivity contribution in [2.45, 2.75) is 0 Å². The van der Waals surface area contributed by atoms with Gasteiger partial charge in [0.15, 0.2) is 5.82 Å². The molecule has 2 nitrogen and oxygen atoms in total. The van der Waals surface area contributed by atoms with Gasteiger partial charge in [0.25, 0.3) is 0 Å². The zero-order chi connectivity index (χ0) is 13.8. The van der Waals surface area contributed by atoms with Crippen LogP contribution in [-0.2, 0) is 0 Å². The van der Waals surface area contributed by atoms with Crippen LogP contribution in [0.25, 0.3) is 10.6 Å². The summed E-state index contributed by atoms with van der Waals surface area (Å²) in [5.74, 6) is -0.643. The maximum atomic E-state index is 13.9. The number of hydrogen-bond donors (Lipinski definition) is 0. The Bertz CT molecular complexity index is 676. The number of benzene rings is 1.